The third kappa shape index (κ3) is 1.03. The Bertz CT molecular complexity index is 433. The molecule has 0 aliphatic heterocycles. The van der Waals surface area contributed by atoms with Crippen molar-refractivity contribution in [3.05, 3.63) is 22.6 Å². The Balaban J connectivity index is 2.89. The Labute approximate surface area is 78.5 Å². The minimum atomic E-state index is 0.892. The Morgan fingerprint density at radius 2 is 2.25 bits per heavy atom. The molecule has 0 amide bonds. The number of aromatic nitrogens is 3. The fourth-order valence-electron chi connectivity index (χ4n) is 1.22. The van der Waals surface area contributed by atoms with Crippen molar-refractivity contribution in [1.82, 2.24) is 14.8 Å². The minimum Gasteiger partial charge on any atom is -0.275 e. The Morgan fingerprint density at radius 1 is 1.50 bits per heavy atom. The van der Waals surface area contributed by atoms with Gasteiger partial charge in [-0.3, -0.25) is 4.68 Å². The van der Waals surface area contributed by atoms with E-state index in [2.05, 4.69) is 26.0 Å². The molecular formula is C8H8BrN3. The van der Waals surface area contributed by atoms with Crippen LogP contribution in [0.1, 0.15) is 5.56 Å². The van der Waals surface area contributed by atoms with Gasteiger partial charge in [0.1, 0.15) is 10.1 Å². The van der Waals surface area contributed by atoms with Crippen LogP contribution in [0.3, 0.4) is 0 Å². The predicted octanol–water partition coefficient (Wildman–Crippen LogP) is 2.04. The highest BCUT2D eigenvalue weighted by molar-refractivity contribution is 9.10. The molecule has 0 fully saturated rings. The minimum absolute atomic E-state index is 0.892. The van der Waals surface area contributed by atoms with Crippen LogP contribution < -0.4 is 0 Å². The third-order valence-corrected chi connectivity index (χ3v) is 2.67. The first kappa shape index (κ1) is 7.73. The molecule has 0 atom stereocenters. The first-order chi connectivity index (χ1) is 5.68. The summed E-state index contributed by atoms with van der Waals surface area (Å²) in [6.07, 6.45) is 3.77. The van der Waals surface area contributed by atoms with Crippen LogP contribution in [-0.4, -0.2) is 14.8 Å². The Morgan fingerprint density at radius 3 is 3.00 bits per heavy atom. The van der Waals surface area contributed by atoms with Crippen molar-refractivity contribution in [2.24, 2.45) is 7.05 Å². The number of pyridine rings is 1. The van der Waals surface area contributed by atoms with Crippen molar-refractivity contribution < 1.29 is 0 Å². The van der Waals surface area contributed by atoms with Crippen molar-refractivity contribution in [2.75, 3.05) is 0 Å². The van der Waals surface area contributed by atoms with E-state index in [-0.39, 0.29) is 0 Å². The number of fused-ring (bicyclic) bond motifs is 1. The molecule has 0 bridgehead atoms. The molecule has 62 valence electrons. The fourth-order valence-corrected chi connectivity index (χ4v) is 1.53. The standard InChI is InChI=1S/C8H8BrN3/c1-5-6-4-12(2)11-7(6)3-10-8(5)9/h3-4H,1-2H3. The molecule has 2 aromatic rings. The predicted molar refractivity (Wildman–Crippen MR) is 50.9 cm³/mol. The van der Waals surface area contributed by atoms with E-state index in [1.807, 2.05) is 20.2 Å². The van der Waals surface area contributed by atoms with Gasteiger partial charge >= 0.3 is 0 Å². The van der Waals surface area contributed by atoms with E-state index in [1.165, 1.54) is 0 Å². The summed E-state index contributed by atoms with van der Waals surface area (Å²) in [6.45, 7) is 2.03. The van der Waals surface area contributed by atoms with Gasteiger partial charge in [0.15, 0.2) is 0 Å². The zero-order chi connectivity index (χ0) is 8.72. The number of hydrogen-bond acceptors (Lipinski definition) is 2. The lowest BCUT2D eigenvalue weighted by molar-refractivity contribution is 0.779. The van der Waals surface area contributed by atoms with E-state index < -0.39 is 0 Å². The third-order valence-electron chi connectivity index (χ3n) is 1.87. The normalized spacial score (nSPS) is 10.9. The summed E-state index contributed by atoms with van der Waals surface area (Å²) in [6, 6.07) is 0. The first-order valence-corrected chi connectivity index (χ1v) is 4.42. The van der Waals surface area contributed by atoms with Gasteiger partial charge in [-0.1, -0.05) is 0 Å². The molecule has 0 saturated heterocycles. The van der Waals surface area contributed by atoms with Gasteiger partial charge in [-0.15, -0.1) is 0 Å². The molecule has 2 rings (SSSR count). The molecule has 0 N–H and O–H groups in total. The Kier molecular flexibility index (Phi) is 1.65. The van der Waals surface area contributed by atoms with Crippen molar-refractivity contribution in [1.29, 1.82) is 0 Å². The van der Waals surface area contributed by atoms with Crippen molar-refractivity contribution >= 4 is 26.8 Å². The van der Waals surface area contributed by atoms with E-state index in [0.717, 1.165) is 21.1 Å². The van der Waals surface area contributed by atoms with E-state index in [1.54, 1.807) is 10.9 Å². The molecule has 4 heteroatoms. The zero-order valence-electron chi connectivity index (χ0n) is 6.87. The smallest absolute Gasteiger partial charge is 0.111 e. The van der Waals surface area contributed by atoms with Crippen molar-refractivity contribution in [3.8, 4) is 0 Å². The second-order valence-electron chi connectivity index (χ2n) is 2.78. The van der Waals surface area contributed by atoms with Crippen LogP contribution in [-0.2, 0) is 7.05 Å². The van der Waals surface area contributed by atoms with Gasteiger partial charge in [0.2, 0.25) is 0 Å². The van der Waals surface area contributed by atoms with Crippen LogP contribution in [0.2, 0.25) is 0 Å². The number of halogens is 1. The fraction of sp³-hybridized carbons (Fsp3) is 0.250. The number of rotatable bonds is 0. The van der Waals surface area contributed by atoms with Crippen molar-refractivity contribution in [3.63, 3.8) is 0 Å². The van der Waals surface area contributed by atoms with Gasteiger partial charge in [-0.05, 0) is 28.4 Å². The molecular weight excluding hydrogens is 218 g/mol. The van der Waals surface area contributed by atoms with Crippen LogP contribution in [0, 0.1) is 6.92 Å². The average molecular weight is 226 g/mol. The number of aryl methyl sites for hydroxylation is 2. The molecule has 0 aliphatic rings. The van der Waals surface area contributed by atoms with Gasteiger partial charge < -0.3 is 0 Å². The largest absolute Gasteiger partial charge is 0.275 e. The molecule has 0 aromatic carbocycles. The first-order valence-electron chi connectivity index (χ1n) is 3.63. The summed E-state index contributed by atoms with van der Waals surface area (Å²) < 4.78 is 2.69. The second kappa shape index (κ2) is 2.55. The zero-order valence-corrected chi connectivity index (χ0v) is 8.46. The maximum Gasteiger partial charge on any atom is 0.111 e. The van der Waals surface area contributed by atoms with Crippen LogP contribution in [0.5, 0.6) is 0 Å². The summed E-state index contributed by atoms with van der Waals surface area (Å²) in [5, 5.41) is 5.40. The molecule has 0 aliphatic carbocycles. The summed E-state index contributed by atoms with van der Waals surface area (Å²) >= 11 is 3.38. The molecule has 0 spiro atoms. The van der Waals surface area contributed by atoms with Gasteiger partial charge in [-0.2, -0.15) is 5.10 Å². The lowest BCUT2D eigenvalue weighted by Gasteiger charge is -1.95. The highest BCUT2D eigenvalue weighted by atomic mass is 79.9. The highest BCUT2D eigenvalue weighted by Gasteiger charge is 2.04. The SMILES string of the molecule is Cc1c(Br)ncc2nn(C)cc12. The summed E-state index contributed by atoms with van der Waals surface area (Å²) in [5.74, 6) is 0. The second-order valence-corrected chi connectivity index (χ2v) is 3.53. The quantitative estimate of drug-likeness (QED) is 0.643. The monoisotopic (exact) mass is 225 g/mol. The summed E-state index contributed by atoms with van der Waals surface area (Å²) in [7, 11) is 1.91. The molecule has 2 heterocycles. The lowest BCUT2D eigenvalue weighted by Crippen LogP contribution is -1.84. The molecule has 0 saturated carbocycles. The number of nitrogens with zero attached hydrogens (tertiary/aromatic N) is 3. The van der Waals surface area contributed by atoms with Gasteiger partial charge in [-0.25, -0.2) is 4.98 Å². The number of hydrogen-bond donors (Lipinski definition) is 0. The molecule has 3 nitrogen and oxygen atoms in total. The molecule has 0 unspecified atom stereocenters. The topological polar surface area (TPSA) is 30.7 Å². The van der Waals surface area contributed by atoms with Gasteiger partial charge in [0, 0.05) is 18.6 Å². The van der Waals surface area contributed by atoms with Gasteiger partial charge in [0.25, 0.3) is 0 Å². The summed E-state index contributed by atoms with van der Waals surface area (Å²) in [4.78, 5) is 4.16. The van der Waals surface area contributed by atoms with Gasteiger partial charge in [0.05, 0.1) is 6.20 Å². The van der Waals surface area contributed by atoms with Crippen molar-refractivity contribution in [2.45, 2.75) is 6.92 Å². The lowest BCUT2D eigenvalue weighted by atomic mass is 10.2. The van der Waals surface area contributed by atoms with Crippen LogP contribution in [0.15, 0.2) is 17.0 Å². The highest BCUT2D eigenvalue weighted by Crippen LogP contribution is 2.21. The maximum atomic E-state index is 4.25. The van der Waals surface area contributed by atoms with E-state index in [0.29, 0.717) is 0 Å². The molecule has 12 heavy (non-hydrogen) atoms. The average Bonchev–Trinajstić information content (AvgIpc) is 2.39. The van der Waals surface area contributed by atoms with Crippen LogP contribution in [0.25, 0.3) is 10.9 Å². The van der Waals surface area contributed by atoms with Crippen LogP contribution >= 0.6 is 15.9 Å². The molecule has 0 radical (unpaired) electrons. The van der Waals surface area contributed by atoms with Crippen LogP contribution in [0.4, 0.5) is 0 Å². The Hall–Kier alpha value is -0.900. The maximum absolute atomic E-state index is 4.25. The van der Waals surface area contributed by atoms with E-state index >= 15 is 0 Å². The van der Waals surface area contributed by atoms with E-state index in [4.69, 9.17) is 0 Å². The van der Waals surface area contributed by atoms with E-state index in [9.17, 15) is 0 Å². The summed E-state index contributed by atoms with van der Waals surface area (Å²) in [5.41, 5.74) is 2.08. The molecule has 2 aromatic heterocycles.